The van der Waals surface area contributed by atoms with Crippen LogP contribution in [0.3, 0.4) is 0 Å². The van der Waals surface area contributed by atoms with Crippen LogP contribution in [-0.2, 0) is 11.3 Å². The summed E-state index contributed by atoms with van der Waals surface area (Å²) in [5.74, 6) is 0.632. The number of aromatic nitrogens is 1. The average molecular weight is 291 g/mol. The first-order chi connectivity index (χ1) is 9.96. The molecule has 0 bridgehead atoms. The minimum absolute atomic E-state index is 0.121. The fraction of sp³-hybridized carbons (Fsp3) is 0.706. The smallest absolute Gasteiger partial charge is 0.0595 e. The first-order valence-corrected chi connectivity index (χ1v) is 7.92. The summed E-state index contributed by atoms with van der Waals surface area (Å²) in [7, 11) is 2.16. The van der Waals surface area contributed by atoms with Gasteiger partial charge in [0.1, 0.15) is 0 Å². The third-order valence-corrected chi connectivity index (χ3v) is 3.89. The molecule has 1 N–H and O–H groups in total. The van der Waals surface area contributed by atoms with Crippen molar-refractivity contribution >= 4 is 5.69 Å². The largest absolute Gasteiger partial charge is 0.381 e. The highest BCUT2D eigenvalue weighted by molar-refractivity contribution is 5.51. The molecular weight excluding hydrogens is 262 g/mol. The minimum Gasteiger partial charge on any atom is -0.381 e. The molecule has 0 amide bonds. The number of rotatable bonds is 5. The fourth-order valence-electron chi connectivity index (χ4n) is 2.71. The third kappa shape index (κ3) is 5.29. The normalized spacial score (nSPS) is 19.5. The highest BCUT2D eigenvalue weighted by atomic mass is 16.5. The van der Waals surface area contributed by atoms with Crippen molar-refractivity contribution in [1.29, 1.82) is 0 Å². The van der Waals surface area contributed by atoms with Gasteiger partial charge in [-0.25, -0.2) is 0 Å². The molecule has 1 aliphatic rings. The second-order valence-electron chi connectivity index (χ2n) is 7.07. The van der Waals surface area contributed by atoms with Gasteiger partial charge >= 0.3 is 0 Å². The van der Waals surface area contributed by atoms with Crippen molar-refractivity contribution in [2.24, 2.45) is 5.92 Å². The zero-order valence-electron chi connectivity index (χ0n) is 13.9. The molecule has 0 radical (unpaired) electrons. The van der Waals surface area contributed by atoms with Gasteiger partial charge in [-0.1, -0.05) is 0 Å². The lowest BCUT2D eigenvalue weighted by Crippen LogP contribution is -2.36. The molecule has 1 saturated heterocycles. The van der Waals surface area contributed by atoms with Crippen LogP contribution < -0.4 is 10.2 Å². The number of anilines is 1. The Kier molecular flexibility index (Phi) is 5.59. The van der Waals surface area contributed by atoms with E-state index in [1.807, 2.05) is 12.4 Å². The van der Waals surface area contributed by atoms with Gasteiger partial charge in [0.2, 0.25) is 0 Å². The Balaban J connectivity index is 2.00. The van der Waals surface area contributed by atoms with Gasteiger partial charge in [0.15, 0.2) is 0 Å². The molecule has 1 aliphatic heterocycles. The van der Waals surface area contributed by atoms with Gasteiger partial charge in [-0.3, -0.25) is 4.98 Å². The van der Waals surface area contributed by atoms with Crippen LogP contribution in [0, 0.1) is 5.92 Å². The van der Waals surface area contributed by atoms with E-state index in [1.165, 1.54) is 24.1 Å². The zero-order valence-corrected chi connectivity index (χ0v) is 13.9. The van der Waals surface area contributed by atoms with E-state index in [2.05, 4.69) is 49.1 Å². The highest BCUT2D eigenvalue weighted by Gasteiger charge is 2.18. The highest BCUT2D eigenvalue weighted by Crippen LogP contribution is 2.22. The third-order valence-electron chi connectivity index (χ3n) is 3.89. The summed E-state index contributed by atoms with van der Waals surface area (Å²) in [4.78, 5) is 6.63. The Labute approximate surface area is 128 Å². The lowest BCUT2D eigenvalue weighted by Gasteiger charge is -2.30. The first kappa shape index (κ1) is 16.2. The van der Waals surface area contributed by atoms with Crippen molar-refractivity contribution in [2.45, 2.75) is 45.7 Å². The monoisotopic (exact) mass is 291 g/mol. The molecule has 4 nitrogen and oxygen atoms in total. The van der Waals surface area contributed by atoms with Gasteiger partial charge in [-0.2, -0.15) is 0 Å². The van der Waals surface area contributed by atoms with Crippen molar-refractivity contribution < 1.29 is 4.74 Å². The van der Waals surface area contributed by atoms with Crippen LogP contribution in [-0.4, -0.2) is 37.3 Å². The van der Waals surface area contributed by atoms with E-state index in [-0.39, 0.29) is 5.54 Å². The van der Waals surface area contributed by atoms with Crippen LogP contribution in [0.25, 0.3) is 0 Å². The fourth-order valence-corrected chi connectivity index (χ4v) is 2.71. The van der Waals surface area contributed by atoms with Crippen molar-refractivity contribution in [3.8, 4) is 0 Å². The Morgan fingerprint density at radius 2 is 2.24 bits per heavy atom. The standard InChI is InChI=1S/C17H29N3O/c1-17(2,3)19-10-15-7-8-18-11-16(15)20(4)12-14-6-5-9-21-13-14/h7-8,11,14,19H,5-6,9-10,12-13H2,1-4H3. The topological polar surface area (TPSA) is 37.4 Å². The summed E-state index contributed by atoms with van der Waals surface area (Å²) in [5, 5.41) is 3.56. The van der Waals surface area contributed by atoms with E-state index in [9.17, 15) is 0 Å². The Morgan fingerprint density at radius 3 is 2.90 bits per heavy atom. The van der Waals surface area contributed by atoms with E-state index >= 15 is 0 Å². The Hall–Kier alpha value is -1.13. The summed E-state index contributed by atoms with van der Waals surface area (Å²) >= 11 is 0. The second-order valence-corrected chi connectivity index (χ2v) is 7.07. The van der Waals surface area contributed by atoms with Gasteiger partial charge in [0.05, 0.1) is 18.5 Å². The maximum Gasteiger partial charge on any atom is 0.0595 e. The van der Waals surface area contributed by atoms with Crippen LogP contribution in [0.2, 0.25) is 0 Å². The van der Waals surface area contributed by atoms with Crippen molar-refractivity contribution in [3.63, 3.8) is 0 Å². The van der Waals surface area contributed by atoms with Crippen LogP contribution in [0.15, 0.2) is 18.5 Å². The Bertz CT molecular complexity index is 436. The molecule has 0 spiro atoms. The summed E-state index contributed by atoms with van der Waals surface area (Å²) in [6.45, 7) is 10.3. The molecule has 2 rings (SSSR count). The number of nitrogens with one attached hydrogen (secondary N) is 1. The van der Waals surface area contributed by atoms with E-state index < -0.39 is 0 Å². The Morgan fingerprint density at radius 1 is 1.43 bits per heavy atom. The number of hydrogen-bond donors (Lipinski definition) is 1. The first-order valence-electron chi connectivity index (χ1n) is 7.92. The number of hydrogen-bond acceptors (Lipinski definition) is 4. The van der Waals surface area contributed by atoms with Crippen LogP contribution in [0.5, 0.6) is 0 Å². The molecule has 21 heavy (non-hydrogen) atoms. The summed E-state index contributed by atoms with van der Waals surface area (Å²) < 4.78 is 5.59. The van der Waals surface area contributed by atoms with Crippen molar-refractivity contribution in [2.75, 3.05) is 31.7 Å². The second kappa shape index (κ2) is 7.23. The maximum absolute atomic E-state index is 5.59. The van der Waals surface area contributed by atoms with E-state index in [4.69, 9.17) is 4.74 Å². The molecule has 1 fully saturated rings. The predicted octanol–water partition coefficient (Wildman–Crippen LogP) is 2.83. The lowest BCUT2D eigenvalue weighted by molar-refractivity contribution is 0.0576. The molecule has 4 heteroatoms. The number of ether oxygens (including phenoxy) is 1. The minimum atomic E-state index is 0.121. The average Bonchev–Trinajstić information content (AvgIpc) is 2.46. The zero-order chi connectivity index (χ0) is 15.3. The molecule has 1 unspecified atom stereocenters. The van der Waals surface area contributed by atoms with Crippen LogP contribution >= 0.6 is 0 Å². The van der Waals surface area contributed by atoms with Gasteiger partial charge < -0.3 is 15.0 Å². The van der Waals surface area contributed by atoms with Crippen molar-refractivity contribution in [1.82, 2.24) is 10.3 Å². The molecule has 1 aromatic heterocycles. The van der Waals surface area contributed by atoms with Gasteiger partial charge in [0, 0.05) is 38.5 Å². The molecule has 2 heterocycles. The SMILES string of the molecule is CN(CC1CCCOC1)c1cnccc1CNC(C)(C)C. The number of nitrogens with zero attached hydrogens (tertiary/aromatic N) is 2. The van der Waals surface area contributed by atoms with Crippen molar-refractivity contribution in [3.05, 3.63) is 24.0 Å². The molecule has 1 atom stereocenters. The molecule has 0 saturated carbocycles. The molecule has 0 aliphatic carbocycles. The van der Waals surface area contributed by atoms with E-state index in [1.54, 1.807) is 0 Å². The van der Waals surface area contributed by atoms with Gasteiger partial charge in [-0.05, 0) is 51.2 Å². The molecule has 0 aromatic carbocycles. The predicted molar refractivity (Wildman–Crippen MR) is 87.6 cm³/mol. The molecular formula is C17H29N3O. The van der Waals surface area contributed by atoms with E-state index in [0.717, 1.165) is 26.3 Å². The maximum atomic E-state index is 5.59. The van der Waals surface area contributed by atoms with Gasteiger partial charge in [0.25, 0.3) is 0 Å². The van der Waals surface area contributed by atoms with Crippen LogP contribution in [0.4, 0.5) is 5.69 Å². The summed E-state index contributed by atoms with van der Waals surface area (Å²) in [6, 6.07) is 2.11. The summed E-state index contributed by atoms with van der Waals surface area (Å²) in [6.07, 6.45) is 6.30. The molecule has 1 aromatic rings. The number of pyridine rings is 1. The van der Waals surface area contributed by atoms with E-state index in [0.29, 0.717) is 5.92 Å². The van der Waals surface area contributed by atoms with Gasteiger partial charge in [-0.15, -0.1) is 0 Å². The van der Waals surface area contributed by atoms with Crippen LogP contribution in [0.1, 0.15) is 39.2 Å². The quantitative estimate of drug-likeness (QED) is 0.905. The lowest BCUT2D eigenvalue weighted by atomic mass is 10.0. The summed E-state index contributed by atoms with van der Waals surface area (Å²) in [5.41, 5.74) is 2.65. The molecule has 118 valence electrons.